The van der Waals surface area contributed by atoms with Crippen LogP contribution >= 0.6 is 11.6 Å². The Kier molecular flexibility index (Phi) is 5.64. The molecule has 0 bridgehead atoms. The average molecular weight is 318 g/mol. The van der Waals surface area contributed by atoms with E-state index in [-0.39, 0.29) is 17.3 Å². The Bertz CT molecular complexity index is 664. The lowest BCUT2D eigenvalue weighted by molar-refractivity contribution is 0.177. The van der Waals surface area contributed by atoms with Crippen LogP contribution in [0.2, 0.25) is 5.02 Å². The molecule has 0 heterocycles. The summed E-state index contributed by atoms with van der Waals surface area (Å²) in [5, 5.41) is 0.151. The van der Waals surface area contributed by atoms with E-state index in [9.17, 15) is 13.2 Å². The molecule has 0 fully saturated rings. The molecule has 0 unspecified atom stereocenters. The third kappa shape index (κ3) is 4.97. The highest BCUT2D eigenvalue weighted by Gasteiger charge is 2.16. The monoisotopic (exact) mass is 317 g/mol. The van der Waals surface area contributed by atoms with Crippen molar-refractivity contribution in [3.8, 4) is 11.8 Å². The Hall–Kier alpha value is -1.95. The largest absolute Gasteiger partial charge is 0.452 e. The first-order valence-electron chi connectivity index (χ1n) is 5.25. The molecule has 1 aromatic carbocycles. The van der Waals surface area contributed by atoms with Gasteiger partial charge in [-0.1, -0.05) is 23.4 Å². The molecule has 9 heteroatoms. The van der Waals surface area contributed by atoms with Crippen molar-refractivity contribution < 1.29 is 17.9 Å². The maximum absolute atomic E-state index is 11.6. The minimum absolute atomic E-state index is 0.0758. The molecule has 0 aliphatic heterocycles. The third-order valence-corrected chi connectivity index (χ3v) is 3.20. The zero-order valence-corrected chi connectivity index (χ0v) is 12.0. The van der Waals surface area contributed by atoms with Gasteiger partial charge in [-0.05, 0) is 18.2 Å². The van der Waals surface area contributed by atoms with Gasteiger partial charge in [0.2, 0.25) is 0 Å². The molecule has 0 saturated heterocycles. The number of methoxy groups -OCH3 is 1. The number of carbonyl (C=O) groups excluding carboxylic acids is 1. The SMILES string of the molecule is COC(=O)NS(=O)(=O)Nc1cc(C#CCN)ccc1Cl. The molecule has 1 amide bonds. The predicted octanol–water partition coefficient (Wildman–Crippen LogP) is 0.663. The van der Waals surface area contributed by atoms with Crippen LogP contribution in [0.5, 0.6) is 0 Å². The molecular formula is C11H12ClN3O4S. The van der Waals surface area contributed by atoms with Crippen molar-refractivity contribution in [3.63, 3.8) is 0 Å². The van der Waals surface area contributed by atoms with Crippen LogP contribution < -0.4 is 15.2 Å². The standard InChI is InChI=1S/C11H12ClN3O4S/c1-19-11(16)15-20(17,18)14-10-7-8(3-2-6-13)4-5-9(10)12/h4-5,7,14H,6,13H2,1H3,(H,15,16). The minimum atomic E-state index is -4.14. The Labute approximate surface area is 121 Å². The minimum Gasteiger partial charge on any atom is -0.452 e. The van der Waals surface area contributed by atoms with Gasteiger partial charge in [0, 0.05) is 5.56 Å². The molecule has 20 heavy (non-hydrogen) atoms. The number of rotatable bonds is 3. The topological polar surface area (TPSA) is 111 Å². The van der Waals surface area contributed by atoms with Gasteiger partial charge < -0.3 is 10.5 Å². The van der Waals surface area contributed by atoms with Gasteiger partial charge in [-0.2, -0.15) is 8.42 Å². The second-order valence-electron chi connectivity index (χ2n) is 3.40. The van der Waals surface area contributed by atoms with Gasteiger partial charge in [0.15, 0.2) is 0 Å². The summed E-state index contributed by atoms with van der Waals surface area (Å²) < 4.78 is 31.1. The predicted molar refractivity (Wildman–Crippen MR) is 75.5 cm³/mol. The number of anilines is 1. The van der Waals surface area contributed by atoms with Crippen LogP contribution in [-0.4, -0.2) is 28.2 Å². The molecule has 0 aromatic heterocycles. The van der Waals surface area contributed by atoms with Crippen LogP contribution in [0.15, 0.2) is 18.2 Å². The Balaban J connectivity index is 2.99. The first-order chi connectivity index (χ1) is 9.38. The smallest absolute Gasteiger partial charge is 0.422 e. The highest BCUT2D eigenvalue weighted by molar-refractivity contribution is 7.91. The molecule has 0 radical (unpaired) electrons. The Morgan fingerprint density at radius 3 is 2.80 bits per heavy atom. The average Bonchev–Trinajstić information content (AvgIpc) is 2.38. The molecule has 0 aliphatic carbocycles. The number of nitrogens with two attached hydrogens (primary N) is 1. The second-order valence-corrected chi connectivity index (χ2v) is 5.22. The molecule has 0 spiro atoms. The highest BCUT2D eigenvalue weighted by Crippen LogP contribution is 2.23. The number of benzene rings is 1. The summed E-state index contributed by atoms with van der Waals surface area (Å²) in [6, 6.07) is 4.50. The van der Waals surface area contributed by atoms with E-state index >= 15 is 0 Å². The third-order valence-electron chi connectivity index (χ3n) is 1.95. The summed E-state index contributed by atoms with van der Waals surface area (Å²) in [4.78, 5) is 10.9. The second kappa shape index (κ2) is 7.00. The van der Waals surface area contributed by atoms with Crippen LogP contribution in [0.1, 0.15) is 5.56 Å². The molecule has 0 saturated carbocycles. The van der Waals surface area contributed by atoms with Crippen molar-refractivity contribution >= 4 is 33.6 Å². The van der Waals surface area contributed by atoms with Crippen molar-refractivity contribution in [2.24, 2.45) is 5.73 Å². The number of carbonyl (C=O) groups is 1. The van der Waals surface area contributed by atoms with Gasteiger partial charge in [-0.25, -0.2) is 9.52 Å². The number of ether oxygens (including phenoxy) is 1. The first-order valence-corrected chi connectivity index (χ1v) is 7.11. The van der Waals surface area contributed by atoms with Crippen molar-refractivity contribution in [1.29, 1.82) is 0 Å². The van der Waals surface area contributed by atoms with Crippen LogP contribution in [0.4, 0.5) is 10.5 Å². The van der Waals surface area contributed by atoms with Crippen LogP contribution in [0, 0.1) is 11.8 Å². The van der Waals surface area contributed by atoms with Gasteiger partial charge in [-0.15, -0.1) is 0 Å². The number of halogens is 1. The molecule has 0 atom stereocenters. The molecule has 4 N–H and O–H groups in total. The van der Waals surface area contributed by atoms with E-state index in [0.29, 0.717) is 5.56 Å². The van der Waals surface area contributed by atoms with E-state index in [2.05, 4.69) is 21.3 Å². The molecule has 0 aliphatic rings. The van der Waals surface area contributed by atoms with Crippen LogP contribution in [-0.2, 0) is 14.9 Å². The number of nitrogens with one attached hydrogen (secondary N) is 2. The first kappa shape index (κ1) is 16.1. The zero-order chi connectivity index (χ0) is 15.2. The van der Waals surface area contributed by atoms with E-state index < -0.39 is 16.3 Å². The number of amides is 1. The van der Waals surface area contributed by atoms with E-state index in [1.54, 1.807) is 10.8 Å². The summed E-state index contributed by atoms with van der Waals surface area (Å²) in [6.45, 7) is 0.174. The summed E-state index contributed by atoms with van der Waals surface area (Å²) >= 11 is 5.86. The summed E-state index contributed by atoms with van der Waals surface area (Å²) in [7, 11) is -3.10. The molecule has 108 valence electrons. The van der Waals surface area contributed by atoms with Crippen molar-refractivity contribution in [1.82, 2.24) is 4.72 Å². The van der Waals surface area contributed by atoms with Gasteiger partial charge in [-0.3, -0.25) is 4.72 Å². The summed E-state index contributed by atoms with van der Waals surface area (Å²) in [5.41, 5.74) is 5.84. The lowest BCUT2D eigenvalue weighted by atomic mass is 10.2. The Morgan fingerprint density at radius 1 is 1.50 bits per heavy atom. The van der Waals surface area contributed by atoms with Gasteiger partial charge in [0.1, 0.15) is 0 Å². The molecule has 1 rings (SSSR count). The number of hydrogen-bond donors (Lipinski definition) is 3. The maximum Gasteiger partial charge on any atom is 0.422 e. The van der Waals surface area contributed by atoms with Crippen molar-refractivity contribution in [3.05, 3.63) is 28.8 Å². The fourth-order valence-corrected chi connectivity index (χ4v) is 2.19. The normalized spacial score (nSPS) is 10.2. The summed E-state index contributed by atoms with van der Waals surface area (Å²) in [5.74, 6) is 5.35. The van der Waals surface area contributed by atoms with E-state index in [4.69, 9.17) is 17.3 Å². The molecule has 7 nitrogen and oxygen atoms in total. The van der Waals surface area contributed by atoms with E-state index in [1.165, 1.54) is 12.1 Å². The van der Waals surface area contributed by atoms with Gasteiger partial charge in [0.05, 0.1) is 24.4 Å². The maximum atomic E-state index is 11.6. The lowest BCUT2D eigenvalue weighted by Crippen LogP contribution is -2.35. The van der Waals surface area contributed by atoms with Crippen LogP contribution in [0.3, 0.4) is 0 Å². The van der Waals surface area contributed by atoms with Crippen molar-refractivity contribution in [2.45, 2.75) is 0 Å². The lowest BCUT2D eigenvalue weighted by Gasteiger charge is -2.10. The van der Waals surface area contributed by atoms with Gasteiger partial charge in [0.25, 0.3) is 0 Å². The Morgan fingerprint density at radius 2 is 2.20 bits per heavy atom. The zero-order valence-electron chi connectivity index (χ0n) is 10.4. The van der Waals surface area contributed by atoms with Crippen molar-refractivity contribution in [2.75, 3.05) is 18.4 Å². The molecular weight excluding hydrogens is 306 g/mol. The fourth-order valence-electron chi connectivity index (χ4n) is 1.16. The summed E-state index contributed by atoms with van der Waals surface area (Å²) in [6.07, 6.45) is -1.12. The molecule has 1 aromatic rings. The van der Waals surface area contributed by atoms with Gasteiger partial charge >= 0.3 is 16.3 Å². The van der Waals surface area contributed by atoms with Crippen LogP contribution in [0.25, 0.3) is 0 Å². The van der Waals surface area contributed by atoms with E-state index in [0.717, 1.165) is 7.11 Å². The highest BCUT2D eigenvalue weighted by atomic mass is 35.5. The quantitative estimate of drug-likeness (QED) is 0.709. The fraction of sp³-hybridized carbons (Fsp3) is 0.182. The number of hydrogen-bond acceptors (Lipinski definition) is 5. The van der Waals surface area contributed by atoms with E-state index in [1.807, 2.05) is 0 Å².